The number of nitrogens with one attached hydrogen (secondary N) is 1. The number of nitrogens with two attached hydrogens (primary N) is 1. The summed E-state index contributed by atoms with van der Waals surface area (Å²) in [7, 11) is 0. The van der Waals surface area contributed by atoms with E-state index in [9.17, 15) is 14.7 Å². The highest BCUT2D eigenvalue weighted by Gasteiger charge is 2.44. The molecule has 0 heterocycles. The molecule has 0 radical (unpaired) electrons. The predicted octanol–water partition coefficient (Wildman–Crippen LogP) is 7.18. The van der Waals surface area contributed by atoms with Crippen molar-refractivity contribution in [2.45, 2.75) is 43.2 Å². The van der Waals surface area contributed by atoms with Gasteiger partial charge in [-0.15, -0.1) is 0 Å². The first-order chi connectivity index (χ1) is 22.8. The van der Waals surface area contributed by atoms with Gasteiger partial charge in [0.2, 0.25) is 5.54 Å². The van der Waals surface area contributed by atoms with Crippen molar-refractivity contribution in [1.29, 1.82) is 0 Å². The maximum Gasteiger partial charge on any atom is 0.337 e. The molecule has 0 spiro atoms. The summed E-state index contributed by atoms with van der Waals surface area (Å²) in [5.74, 6) is -2.48. The standard InChI is InChI=1S/C41H40N2O4/c1-29-22-24-32(25-23-29)41(30-14-4-2-5-15-30,31-16-6-3-7-17-31)43-27-13-12-26-40(42,38(44)45)39(46)47-28-37-35-20-10-8-18-33(35)34-19-9-11-21-36(34)37/h2-11,14-25,37,43H,12-13,26-28,42H2,1H3,(H,44,45)/t40-/m0/s1. The molecule has 238 valence electrons. The Morgan fingerprint density at radius 1 is 0.702 bits per heavy atom. The van der Waals surface area contributed by atoms with Crippen LogP contribution in [0.25, 0.3) is 11.1 Å². The summed E-state index contributed by atoms with van der Waals surface area (Å²) < 4.78 is 5.70. The van der Waals surface area contributed by atoms with Crippen molar-refractivity contribution in [3.63, 3.8) is 0 Å². The predicted molar refractivity (Wildman–Crippen MR) is 185 cm³/mol. The molecule has 1 aliphatic rings. The van der Waals surface area contributed by atoms with E-state index in [1.165, 1.54) is 5.56 Å². The quantitative estimate of drug-likeness (QED) is 0.0555. The zero-order valence-corrected chi connectivity index (χ0v) is 26.6. The van der Waals surface area contributed by atoms with Gasteiger partial charge in [0, 0.05) is 5.92 Å². The largest absolute Gasteiger partial charge is 0.479 e. The third-order valence-electron chi connectivity index (χ3n) is 9.38. The zero-order chi connectivity index (χ0) is 32.9. The number of rotatable bonds is 13. The van der Waals surface area contributed by atoms with Crippen LogP contribution >= 0.6 is 0 Å². The first-order valence-corrected chi connectivity index (χ1v) is 16.2. The van der Waals surface area contributed by atoms with Gasteiger partial charge in [-0.3, -0.25) is 5.32 Å². The van der Waals surface area contributed by atoms with E-state index in [1.54, 1.807) is 0 Å². The molecule has 47 heavy (non-hydrogen) atoms. The Labute approximate surface area is 276 Å². The van der Waals surface area contributed by atoms with Crippen LogP contribution in [0.2, 0.25) is 0 Å². The molecule has 0 unspecified atom stereocenters. The summed E-state index contributed by atoms with van der Waals surface area (Å²) in [6, 6.07) is 45.2. The highest BCUT2D eigenvalue weighted by Crippen LogP contribution is 2.44. The number of carbonyl (C=O) groups excluding carboxylic acids is 1. The second kappa shape index (κ2) is 13.8. The van der Waals surface area contributed by atoms with Crippen LogP contribution in [0.15, 0.2) is 133 Å². The van der Waals surface area contributed by atoms with Crippen LogP contribution in [0.4, 0.5) is 0 Å². The minimum atomic E-state index is -2.15. The number of carboxylic acid groups (broad SMARTS) is 1. The molecule has 0 aromatic heterocycles. The van der Waals surface area contributed by atoms with Gasteiger partial charge in [-0.25, -0.2) is 9.59 Å². The van der Waals surface area contributed by atoms with Crippen LogP contribution in [0, 0.1) is 6.92 Å². The first kappa shape index (κ1) is 31.9. The monoisotopic (exact) mass is 624 g/mol. The maximum atomic E-state index is 13.3. The number of unbranched alkanes of at least 4 members (excludes halogenated alkanes) is 1. The molecule has 6 heteroatoms. The molecular weight excluding hydrogens is 584 g/mol. The number of carbonyl (C=O) groups is 2. The molecule has 1 atom stereocenters. The highest BCUT2D eigenvalue weighted by molar-refractivity contribution is 6.03. The molecule has 0 bridgehead atoms. The van der Waals surface area contributed by atoms with Gasteiger partial charge >= 0.3 is 11.9 Å². The van der Waals surface area contributed by atoms with E-state index >= 15 is 0 Å². The SMILES string of the molecule is Cc1ccc(C(NCCCC[C@](N)(C(=O)O)C(=O)OCC2c3ccccc3-c3ccccc32)(c2ccccc2)c2ccccc2)cc1. The fourth-order valence-corrected chi connectivity index (χ4v) is 6.81. The second-order valence-electron chi connectivity index (χ2n) is 12.3. The molecule has 1 aliphatic carbocycles. The van der Waals surface area contributed by atoms with Crippen LogP contribution in [-0.2, 0) is 19.9 Å². The minimum Gasteiger partial charge on any atom is -0.479 e. The lowest BCUT2D eigenvalue weighted by Gasteiger charge is -2.37. The molecule has 0 aliphatic heterocycles. The zero-order valence-electron chi connectivity index (χ0n) is 26.6. The Balaban J connectivity index is 1.15. The second-order valence-corrected chi connectivity index (χ2v) is 12.3. The number of benzene rings is 5. The van der Waals surface area contributed by atoms with Crippen molar-refractivity contribution < 1.29 is 19.4 Å². The van der Waals surface area contributed by atoms with E-state index in [1.807, 2.05) is 72.8 Å². The number of esters is 1. The van der Waals surface area contributed by atoms with Crippen LogP contribution in [0.5, 0.6) is 0 Å². The average Bonchev–Trinajstić information content (AvgIpc) is 3.43. The number of ether oxygens (including phenoxy) is 1. The summed E-state index contributed by atoms with van der Waals surface area (Å²) in [6.45, 7) is 2.65. The lowest BCUT2D eigenvalue weighted by Crippen LogP contribution is -2.56. The molecule has 4 N–H and O–H groups in total. The highest BCUT2D eigenvalue weighted by atomic mass is 16.5. The van der Waals surface area contributed by atoms with Gasteiger partial charge in [0.1, 0.15) is 6.61 Å². The molecule has 0 amide bonds. The first-order valence-electron chi connectivity index (χ1n) is 16.2. The van der Waals surface area contributed by atoms with Crippen molar-refractivity contribution in [3.8, 4) is 11.1 Å². The lowest BCUT2D eigenvalue weighted by atomic mass is 9.76. The van der Waals surface area contributed by atoms with Gasteiger partial charge in [0.15, 0.2) is 0 Å². The number of aryl methyl sites for hydroxylation is 1. The van der Waals surface area contributed by atoms with E-state index in [2.05, 4.69) is 72.9 Å². The number of carboxylic acids is 1. The van der Waals surface area contributed by atoms with Gasteiger partial charge in [-0.05, 0) is 71.7 Å². The maximum absolute atomic E-state index is 13.3. The molecule has 0 fully saturated rings. The topological polar surface area (TPSA) is 102 Å². The van der Waals surface area contributed by atoms with Gasteiger partial charge in [-0.1, -0.05) is 139 Å². The van der Waals surface area contributed by atoms with E-state index in [4.69, 9.17) is 10.5 Å². The fraction of sp³-hybridized carbons (Fsp3) is 0.220. The van der Waals surface area contributed by atoms with Gasteiger partial charge in [0.25, 0.3) is 0 Å². The van der Waals surface area contributed by atoms with Gasteiger partial charge in [0.05, 0.1) is 5.54 Å². The summed E-state index contributed by atoms with van der Waals surface area (Å²) in [6.07, 6.45) is 0.957. The van der Waals surface area contributed by atoms with E-state index in [0.717, 1.165) is 38.9 Å². The normalized spacial score (nSPS) is 13.7. The van der Waals surface area contributed by atoms with Crippen LogP contribution in [0.3, 0.4) is 0 Å². The Bertz CT molecular complexity index is 1750. The number of fused-ring (bicyclic) bond motifs is 3. The smallest absolute Gasteiger partial charge is 0.337 e. The van der Waals surface area contributed by atoms with E-state index in [-0.39, 0.29) is 18.9 Å². The van der Waals surface area contributed by atoms with E-state index < -0.39 is 23.0 Å². The Morgan fingerprint density at radius 2 is 1.19 bits per heavy atom. The van der Waals surface area contributed by atoms with Crippen LogP contribution < -0.4 is 11.1 Å². The summed E-state index contributed by atoms with van der Waals surface area (Å²) in [4.78, 5) is 25.8. The molecular formula is C41H40N2O4. The molecule has 0 saturated carbocycles. The minimum absolute atomic E-state index is 0.0217. The van der Waals surface area contributed by atoms with Crippen molar-refractivity contribution in [3.05, 3.63) is 167 Å². The van der Waals surface area contributed by atoms with Crippen molar-refractivity contribution in [2.75, 3.05) is 13.2 Å². The van der Waals surface area contributed by atoms with Crippen molar-refractivity contribution in [1.82, 2.24) is 5.32 Å². The Morgan fingerprint density at radius 3 is 1.72 bits per heavy atom. The summed E-state index contributed by atoms with van der Waals surface area (Å²) in [5, 5.41) is 13.9. The molecule has 6 nitrogen and oxygen atoms in total. The average molecular weight is 625 g/mol. The molecule has 5 aromatic rings. The summed E-state index contributed by atoms with van der Waals surface area (Å²) in [5.41, 5.74) is 12.3. The van der Waals surface area contributed by atoms with Crippen molar-refractivity contribution >= 4 is 11.9 Å². The Hall–Kier alpha value is -5.04. The third kappa shape index (κ3) is 6.22. The van der Waals surface area contributed by atoms with Crippen molar-refractivity contribution in [2.24, 2.45) is 5.73 Å². The molecule has 5 aromatic carbocycles. The molecule has 6 rings (SSSR count). The van der Waals surface area contributed by atoms with E-state index in [0.29, 0.717) is 19.4 Å². The van der Waals surface area contributed by atoms with Gasteiger partial charge < -0.3 is 15.6 Å². The lowest BCUT2D eigenvalue weighted by molar-refractivity contribution is -0.161. The molecule has 0 saturated heterocycles. The number of aliphatic carboxylic acids is 1. The number of hydrogen-bond acceptors (Lipinski definition) is 5. The summed E-state index contributed by atoms with van der Waals surface area (Å²) >= 11 is 0. The third-order valence-corrected chi connectivity index (χ3v) is 9.38. The Kier molecular flexibility index (Phi) is 9.34. The number of hydrogen-bond donors (Lipinski definition) is 3. The van der Waals surface area contributed by atoms with Crippen LogP contribution in [-0.4, -0.2) is 35.7 Å². The van der Waals surface area contributed by atoms with Crippen LogP contribution in [0.1, 0.15) is 58.6 Å². The fourth-order valence-electron chi connectivity index (χ4n) is 6.81. The van der Waals surface area contributed by atoms with Gasteiger partial charge in [-0.2, -0.15) is 0 Å².